The summed E-state index contributed by atoms with van der Waals surface area (Å²) in [5.74, 6) is 0.864. The summed E-state index contributed by atoms with van der Waals surface area (Å²) in [6.07, 6.45) is 0. The topological polar surface area (TPSA) is 53.9 Å². The second-order valence-electron chi connectivity index (χ2n) is 4.00. The van der Waals surface area contributed by atoms with E-state index in [0.717, 1.165) is 36.8 Å². The highest BCUT2D eigenvalue weighted by molar-refractivity contribution is 7.07. The molecule has 2 aromatic heterocycles. The number of thiazole rings is 1. The number of hydrogen-bond donors (Lipinski definition) is 1. The first kappa shape index (κ1) is 12.9. The molecule has 96 valence electrons. The first-order valence-corrected chi connectivity index (χ1v) is 6.85. The molecule has 0 saturated carbocycles. The molecule has 0 aliphatic carbocycles. The van der Waals surface area contributed by atoms with E-state index in [-0.39, 0.29) is 0 Å². The molecule has 0 saturated heterocycles. The standard InChI is InChI=1S/C12H17N5S/c1-3-13-6-10-4-5-12(16-15-10)17(2)7-11-8-18-9-14-11/h4-5,8-9,13H,3,6-7H2,1-2H3. The van der Waals surface area contributed by atoms with E-state index in [2.05, 4.69) is 27.4 Å². The first-order valence-electron chi connectivity index (χ1n) is 5.91. The fourth-order valence-electron chi connectivity index (χ4n) is 1.54. The Kier molecular flexibility index (Phi) is 4.60. The van der Waals surface area contributed by atoms with Crippen molar-refractivity contribution in [3.8, 4) is 0 Å². The maximum absolute atomic E-state index is 4.26. The van der Waals surface area contributed by atoms with Gasteiger partial charge in [0.15, 0.2) is 5.82 Å². The lowest BCUT2D eigenvalue weighted by molar-refractivity contribution is 0.696. The zero-order valence-corrected chi connectivity index (χ0v) is 11.4. The SMILES string of the molecule is CCNCc1ccc(N(C)Cc2cscn2)nn1. The van der Waals surface area contributed by atoms with Gasteiger partial charge in [-0.2, -0.15) is 5.10 Å². The highest BCUT2D eigenvalue weighted by Crippen LogP contribution is 2.11. The first-order chi connectivity index (χ1) is 8.79. The molecule has 2 heterocycles. The number of aromatic nitrogens is 3. The van der Waals surface area contributed by atoms with Gasteiger partial charge in [-0.3, -0.25) is 0 Å². The zero-order valence-electron chi connectivity index (χ0n) is 10.6. The fraction of sp³-hybridized carbons (Fsp3) is 0.417. The summed E-state index contributed by atoms with van der Waals surface area (Å²) in [6, 6.07) is 3.99. The normalized spacial score (nSPS) is 10.6. The Bertz CT molecular complexity index is 454. The van der Waals surface area contributed by atoms with E-state index < -0.39 is 0 Å². The summed E-state index contributed by atoms with van der Waals surface area (Å²) in [5.41, 5.74) is 3.86. The molecule has 18 heavy (non-hydrogen) atoms. The lowest BCUT2D eigenvalue weighted by atomic mass is 10.3. The van der Waals surface area contributed by atoms with Crippen LogP contribution in [0, 0.1) is 0 Å². The Morgan fingerprint density at radius 3 is 2.78 bits per heavy atom. The van der Waals surface area contributed by atoms with Gasteiger partial charge in [-0.25, -0.2) is 4.98 Å². The van der Waals surface area contributed by atoms with E-state index in [1.54, 1.807) is 11.3 Å². The van der Waals surface area contributed by atoms with Crippen molar-refractivity contribution in [2.45, 2.75) is 20.0 Å². The van der Waals surface area contributed by atoms with Crippen molar-refractivity contribution in [1.82, 2.24) is 20.5 Å². The van der Waals surface area contributed by atoms with Gasteiger partial charge in [-0.05, 0) is 18.7 Å². The summed E-state index contributed by atoms with van der Waals surface area (Å²) in [4.78, 5) is 6.30. The van der Waals surface area contributed by atoms with E-state index in [0.29, 0.717) is 0 Å². The second kappa shape index (κ2) is 6.42. The van der Waals surface area contributed by atoms with Crippen LogP contribution in [0.2, 0.25) is 0 Å². The predicted octanol–water partition coefficient (Wildman–Crippen LogP) is 1.68. The summed E-state index contributed by atoms with van der Waals surface area (Å²) in [7, 11) is 1.99. The van der Waals surface area contributed by atoms with E-state index >= 15 is 0 Å². The van der Waals surface area contributed by atoms with Crippen LogP contribution >= 0.6 is 11.3 Å². The van der Waals surface area contributed by atoms with Crippen molar-refractivity contribution in [1.29, 1.82) is 0 Å². The highest BCUT2D eigenvalue weighted by atomic mass is 32.1. The number of rotatable bonds is 6. The molecule has 0 aliphatic heterocycles. The molecule has 0 fully saturated rings. The molecule has 0 amide bonds. The van der Waals surface area contributed by atoms with Crippen LogP contribution in [0.25, 0.3) is 0 Å². The Morgan fingerprint density at radius 2 is 2.17 bits per heavy atom. The molecule has 0 spiro atoms. The van der Waals surface area contributed by atoms with E-state index in [1.165, 1.54) is 0 Å². The molecule has 0 aliphatic rings. The van der Waals surface area contributed by atoms with Crippen LogP contribution in [0.15, 0.2) is 23.0 Å². The summed E-state index contributed by atoms with van der Waals surface area (Å²) >= 11 is 1.61. The molecule has 5 nitrogen and oxygen atoms in total. The largest absolute Gasteiger partial charge is 0.352 e. The van der Waals surface area contributed by atoms with Gasteiger partial charge in [0.1, 0.15) is 0 Å². The summed E-state index contributed by atoms with van der Waals surface area (Å²) in [5, 5.41) is 13.7. The van der Waals surface area contributed by atoms with E-state index in [9.17, 15) is 0 Å². The molecule has 0 unspecified atom stereocenters. The van der Waals surface area contributed by atoms with Crippen molar-refractivity contribution < 1.29 is 0 Å². The van der Waals surface area contributed by atoms with Gasteiger partial charge < -0.3 is 10.2 Å². The Hall–Kier alpha value is -1.53. The van der Waals surface area contributed by atoms with Crippen LogP contribution in [0.4, 0.5) is 5.82 Å². The molecule has 6 heteroatoms. The molecule has 0 bridgehead atoms. The van der Waals surface area contributed by atoms with Gasteiger partial charge in [0.05, 0.1) is 23.4 Å². The Morgan fingerprint density at radius 1 is 1.28 bits per heavy atom. The van der Waals surface area contributed by atoms with Crippen LogP contribution in [0.3, 0.4) is 0 Å². The molecule has 2 rings (SSSR count). The molecular formula is C12H17N5S. The third-order valence-electron chi connectivity index (χ3n) is 2.54. The van der Waals surface area contributed by atoms with Crippen LogP contribution in [0.5, 0.6) is 0 Å². The van der Waals surface area contributed by atoms with Crippen molar-refractivity contribution >= 4 is 17.2 Å². The smallest absolute Gasteiger partial charge is 0.151 e. The minimum Gasteiger partial charge on any atom is -0.352 e. The zero-order chi connectivity index (χ0) is 12.8. The minimum atomic E-state index is 0.755. The fourth-order valence-corrected chi connectivity index (χ4v) is 2.09. The third-order valence-corrected chi connectivity index (χ3v) is 3.17. The third kappa shape index (κ3) is 3.48. The summed E-state index contributed by atoms with van der Waals surface area (Å²) < 4.78 is 0. The van der Waals surface area contributed by atoms with E-state index in [1.807, 2.05) is 35.0 Å². The van der Waals surface area contributed by atoms with Gasteiger partial charge in [-0.1, -0.05) is 6.92 Å². The van der Waals surface area contributed by atoms with Crippen LogP contribution in [-0.4, -0.2) is 28.8 Å². The number of nitrogens with zero attached hydrogens (tertiary/aromatic N) is 4. The van der Waals surface area contributed by atoms with Crippen LogP contribution in [0.1, 0.15) is 18.3 Å². The molecule has 2 aromatic rings. The number of hydrogen-bond acceptors (Lipinski definition) is 6. The lowest BCUT2D eigenvalue weighted by Crippen LogP contribution is -2.19. The lowest BCUT2D eigenvalue weighted by Gasteiger charge is -2.16. The summed E-state index contributed by atoms with van der Waals surface area (Å²) in [6.45, 7) is 4.53. The quantitative estimate of drug-likeness (QED) is 0.859. The van der Waals surface area contributed by atoms with Crippen LogP contribution < -0.4 is 10.2 Å². The van der Waals surface area contributed by atoms with Gasteiger partial charge >= 0.3 is 0 Å². The highest BCUT2D eigenvalue weighted by Gasteiger charge is 2.05. The molecule has 0 radical (unpaired) electrons. The Balaban J connectivity index is 1.96. The van der Waals surface area contributed by atoms with Gasteiger partial charge in [0, 0.05) is 19.0 Å². The van der Waals surface area contributed by atoms with Crippen molar-refractivity contribution in [3.63, 3.8) is 0 Å². The van der Waals surface area contributed by atoms with Gasteiger partial charge in [0.2, 0.25) is 0 Å². The van der Waals surface area contributed by atoms with E-state index in [4.69, 9.17) is 0 Å². The molecule has 0 aromatic carbocycles. The number of anilines is 1. The predicted molar refractivity (Wildman–Crippen MR) is 73.6 cm³/mol. The molecule has 1 N–H and O–H groups in total. The molecule has 0 atom stereocenters. The maximum atomic E-state index is 4.26. The number of nitrogens with one attached hydrogen (secondary N) is 1. The van der Waals surface area contributed by atoms with Crippen molar-refractivity contribution in [3.05, 3.63) is 34.4 Å². The monoisotopic (exact) mass is 263 g/mol. The van der Waals surface area contributed by atoms with Crippen LogP contribution in [-0.2, 0) is 13.1 Å². The van der Waals surface area contributed by atoms with Crippen molar-refractivity contribution in [2.75, 3.05) is 18.5 Å². The minimum absolute atomic E-state index is 0.755. The van der Waals surface area contributed by atoms with Gasteiger partial charge in [-0.15, -0.1) is 16.4 Å². The molecular weight excluding hydrogens is 246 g/mol. The van der Waals surface area contributed by atoms with Gasteiger partial charge in [0.25, 0.3) is 0 Å². The second-order valence-corrected chi connectivity index (χ2v) is 4.72. The van der Waals surface area contributed by atoms with Crippen molar-refractivity contribution in [2.24, 2.45) is 0 Å². The average molecular weight is 263 g/mol. The Labute approximate surface area is 111 Å². The maximum Gasteiger partial charge on any atom is 0.151 e. The average Bonchev–Trinajstić information content (AvgIpc) is 2.89.